The Balaban J connectivity index is 1.84. The van der Waals surface area contributed by atoms with Crippen molar-refractivity contribution in [2.24, 2.45) is 5.92 Å². The zero-order valence-electron chi connectivity index (χ0n) is 9.63. The molecule has 2 unspecified atom stereocenters. The molecule has 1 aliphatic carbocycles. The Morgan fingerprint density at radius 1 is 1.14 bits per heavy atom. The molecule has 1 aliphatic heterocycles. The Morgan fingerprint density at radius 2 is 1.93 bits per heavy atom. The minimum atomic E-state index is 0.818. The quantitative estimate of drug-likeness (QED) is 0.741. The van der Waals surface area contributed by atoms with E-state index in [-0.39, 0.29) is 0 Å². The van der Waals surface area contributed by atoms with E-state index in [9.17, 15) is 0 Å². The van der Waals surface area contributed by atoms with Crippen LogP contribution in [0.15, 0.2) is 0 Å². The monoisotopic (exact) mass is 196 g/mol. The largest absolute Gasteiger partial charge is 0.317 e. The zero-order valence-corrected chi connectivity index (χ0v) is 9.63. The summed E-state index contributed by atoms with van der Waals surface area (Å²) in [5.74, 6) is 1.01. The second-order valence-electron chi connectivity index (χ2n) is 5.08. The molecule has 14 heavy (non-hydrogen) atoms. The fraction of sp³-hybridized carbons (Fsp3) is 1.00. The van der Waals surface area contributed by atoms with E-state index < -0.39 is 0 Å². The van der Waals surface area contributed by atoms with Crippen molar-refractivity contribution in [1.82, 2.24) is 10.2 Å². The van der Waals surface area contributed by atoms with E-state index in [0.717, 1.165) is 18.0 Å². The Hall–Kier alpha value is -0.0800. The van der Waals surface area contributed by atoms with Crippen molar-refractivity contribution >= 4 is 0 Å². The summed E-state index contributed by atoms with van der Waals surface area (Å²) in [6, 6.07) is 1.65. The Bertz CT molecular complexity index is 169. The van der Waals surface area contributed by atoms with Crippen LogP contribution in [0.25, 0.3) is 0 Å². The lowest BCUT2D eigenvalue weighted by Crippen LogP contribution is -2.40. The van der Waals surface area contributed by atoms with Crippen LogP contribution in [0.4, 0.5) is 0 Å². The summed E-state index contributed by atoms with van der Waals surface area (Å²) >= 11 is 0. The van der Waals surface area contributed by atoms with E-state index in [1.807, 2.05) is 0 Å². The number of rotatable bonds is 3. The summed E-state index contributed by atoms with van der Waals surface area (Å²) in [4.78, 5) is 2.64. The summed E-state index contributed by atoms with van der Waals surface area (Å²) in [7, 11) is 2.33. The van der Waals surface area contributed by atoms with E-state index in [0.29, 0.717) is 0 Å². The highest BCUT2D eigenvalue weighted by Gasteiger charge is 2.33. The first kappa shape index (κ1) is 10.4. The van der Waals surface area contributed by atoms with E-state index in [1.54, 1.807) is 0 Å². The third-order valence-electron chi connectivity index (χ3n) is 4.07. The lowest BCUT2D eigenvalue weighted by molar-refractivity contribution is 0.155. The van der Waals surface area contributed by atoms with Gasteiger partial charge in [-0.05, 0) is 65.1 Å². The summed E-state index contributed by atoms with van der Waals surface area (Å²) < 4.78 is 0. The maximum Gasteiger partial charge on any atom is 0.0108 e. The molecule has 1 saturated carbocycles. The zero-order chi connectivity index (χ0) is 9.97. The maximum atomic E-state index is 3.49. The third kappa shape index (κ3) is 2.48. The fourth-order valence-electron chi connectivity index (χ4n) is 2.65. The molecule has 0 aromatic heterocycles. The molecule has 2 fully saturated rings. The van der Waals surface area contributed by atoms with Gasteiger partial charge >= 0.3 is 0 Å². The molecule has 2 rings (SSSR count). The predicted octanol–water partition coefficient (Wildman–Crippen LogP) is 1.86. The Morgan fingerprint density at radius 3 is 2.64 bits per heavy atom. The first-order valence-electron chi connectivity index (χ1n) is 6.21. The molecule has 1 heterocycles. The van der Waals surface area contributed by atoms with Crippen molar-refractivity contribution in [3.8, 4) is 0 Å². The highest BCUT2D eigenvalue weighted by atomic mass is 15.2. The predicted molar refractivity (Wildman–Crippen MR) is 60.5 cm³/mol. The smallest absolute Gasteiger partial charge is 0.0108 e. The Labute approximate surface area is 88.1 Å². The minimum absolute atomic E-state index is 0.818. The molecule has 0 bridgehead atoms. The molecule has 82 valence electrons. The minimum Gasteiger partial charge on any atom is -0.317 e. The summed E-state index contributed by atoms with van der Waals surface area (Å²) in [5.41, 5.74) is 0. The molecular weight excluding hydrogens is 172 g/mol. The van der Waals surface area contributed by atoms with Crippen LogP contribution >= 0.6 is 0 Å². The van der Waals surface area contributed by atoms with E-state index in [1.165, 1.54) is 45.2 Å². The maximum absolute atomic E-state index is 3.49. The molecule has 1 saturated heterocycles. The molecule has 2 aliphatic rings. The van der Waals surface area contributed by atoms with Gasteiger partial charge in [0.25, 0.3) is 0 Å². The van der Waals surface area contributed by atoms with Gasteiger partial charge in [0.1, 0.15) is 0 Å². The molecule has 0 aromatic carbocycles. The fourth-order valence-corrected chi connectivity index (χ4v) is 2.65. The van der Waals surface area contributed by atoms with Crippen LogP contribution in [0.3, 0.4) is 0 Å². The second kappa shape index (κ2) is 4.63. The third-order valence-corrected chi connectivity index (χ3v) is 4.07. The second-order valence-corrected chi connectivity index (χ2v) is 5.08. The summed E-state index contributed by atoms with van der Waals surface area (Å²) in [5, 5.41) is 3.49. The van der Waals surface area contributed by atoms with Crippen molar-refractivity contribution in [3.05, 3.63) is 0 Å². The average Bonchev–Trinajstić information content (AvgIpc) is 3.02. The van der Waals surface area contributed by atoms with E-state index in [2.05, 4.69) is 24.2 Å². The van der Waals surface area contributed by atoms with Gasteiger partial charge in [0, 0.05) is 12.1 Å². The molecular formula is C12H24N2. The van der Waals surface area contributed by atoms with Gasteiger partial charge in [0.2, 0.25) is 0 Å². The number of nitrogens with zero attached hydrogens (tertiary/aromatic N) is 1. The van der Waals surface area contributed by atoms with Crippen molar-refractivity contribution < 1.29 is 0 Å². The van der Waals surface area contributed by atoms with Crippen molar-refractivity contribution in [1.29, 1.82) is 0 Å². The van der Waals surface area contributed by atoms with Crippen molar-refractivity contribution in [2.75, 3.05) is 20.1 Å². The highest BCUT2D eigenvalue weighted by molar-refractivity contribution is 4.87. The van der Waals surface area contributed by atoms with Crippen LogP contribution in [0.2, 0.25) is 0 Å². The molecule has 2 atom stereocenters. The average molecular weight is 196 g/mol. The van der Waals surface area contributed by atoms with Gasteiger partial charge < -0.3 is 10.2 Å². The molecule has 0 amide bonds. The van der Waals surface area contributed by atoms with E-state index in [4.69, 9.17) is 0 Å². The molecule has 2 nitrogen and oxygen atoms in total. The number of hydrogen-bond acceptors (Lipinski definition) is 2. The molecule has 0 radical (unpaired) electrons. The van der Waals surface area contributed by atoms with Crippen LogP contribution in [0.5, 0.6) is 0 Å². The van der Waals surface area contributed by atoms with Gasteiger partial charge in [-0.2, -0.15) is 0 Å². The molecule has 1 N–H and O–H groups in total. The number of hydrogen-bond donors (Lipinski definition) is 1. The first-order chi connectivity index (χ1) is 6.79. The van der Waals surface area contributed by atoms with Gasteiger partial charge in [-0.1, -0.05) is 0 Å². The molecule has 0 aromatic rings. The highest BCUT2D eigenvalue weighted by Crippen LogP contribution is 2.35. The van der Waals surface area contributed by atoms with Crippen LogP contribution in [0.1, 0.15) is 39.0 Å². The summed E-state index contributed by atoms with van der Waals surface area (Å²) in [6.45, 7) is 4.85. The van der Waals surface area contributed by atoms with Crippen molar-refractivity contribution in [3.63, 3.8) is 0 Å². The van der Waals surface area contributed by atoms with Crippen molar-refractivity contribution in [2.45, 2.75) is 51.1 Å². The standard InChI is InChI=1S/C12H24N2/c1-10(11-5-6-11)14(2)12-4-3-8-13-9-7-12/h10-13H,3-9H2,1-2H3. The molecule has 0 spiro atoms. The SMILES string of the molecule is CC(C1CC1)N(C)C1CCCNCC1. The van der Waals surface area contributed by atoms with Gasteiger partial charge in [-0.15, -0.1) is 0 Å². The Kier molecular flexibility index (Phi) is 3.45. The lowest BCUT2D eigenvalue weighted by Gasteiger charge is -2.32. The van der Waals surface area contributed by atoms with Crippen LogP contribution in [0, 0.1) is 5.92 Å². The normalized spacial score (nSPS) is 31.5. The summed E-state index contributed by atoms with van der Waals surface area (Å²) in [6.07, 6.45) is 7.02. The van der Waals surface area contributed by atoms with E-state index >= 15 is 0 Å². The molecule has 2 heteroatoms. The first-order valence-corrected chi connectivity index (χ1v) is 6.21. The van der Waals surface area contributed by atoms with Gasteiger partial charge in [-0.3, -0.25) is 0 Å². The van der Waals surface area contributed by atoms with Gasteiger partial charge in [0.15, 0.2) is 0 Å². The lowest BCUT2D eigenvalue weighted by atomic mass is 10.0. The van der Waals surface area contributed by atoms with Crippen LogP contribution < -0.4 is 5.32 Å². The van der Waals surface area contributed by atoms with Gasteiger partial charge in [-0.25, -0.2) is 0 Å². The van der Waals surface area contributed by atoms with Gasteiger partial charge in [0.05, 0.1) is 0 Å². The number of nitrogens with one attached hydrogen (secondary N) is 1. The van der Waals surface area contributed by atoms with Crippen LogP contribution in [-0.4, -0.2) is 37.1 Å². The van der Waals surface area contributed by atoms with Crippen LogP contribution in [-0.2, 0) is 0 Å². The topological polar surface area (TPSA) is 15.3 Å².